The van der Waals surface area contributed by atoms with Crippen molar-refractivity contribution in [1.82, 2.24) is 0 Å². The second-order valence-electron chi connectivity index (χ2n) is 4.54. The summed E-state index contributed by atoms with van der Waals surface area (Å²) in [5.41, 5.74) is 2.77. The number of halogens is 2. The highest BCUT2D eigenvalue weighted by atomic mass is 35.5. The van der Waals surface area contributed by atoms with Gasteiger partial charge in [-0.1, -0.05) is 17.7 Å². The maximum absolute atomic E-state index is 13.1. The summed E-state index contributed by atoms with van der Waals surface area (Å²) in [6.45, 7) is 3.88. The number of benzene rings is 2. The van der Waals surface area contributed by atoms with Gasteiger partial charge in [-0.2, -0.15) is 0 Å². The zero-order chi connectivity index (χ0) is 14.0. The minimum absolute atomic E-state index is 0.0126. The van der Waals surface area contributed by atoms with Gasteiger partial charge in [-0.3, -0.25) is 0 Å². The molecule has 4 heteroatoms. The lowest BCUT2D eigenvalue weighted by Gasteiger charge is -2.18. The predicted molar refractivity (Wildman–Crippen MR) is 76.3 cm³/mol. The van der Waals surface area contributed by atoms with Gasteiger partial charge < -0.3 is 10.4 Å². The van der Waals surface area contributed by atoms with Crippen molar-refractivity contribution in [1.29, 1.82) is 0 Å². The summed E-state index contributed by atoms with van der Waals surface area (Å²) in [7, 11) is 0. The third kappa shape index (κ3) is 3.18. The highest BCUT2D eigenvalue weighted by Gasteiger charge is 2.09. The van der Waals surface area contributed by atoms with Crippen molar-refractivity contribution < 1.29 is 9.50 Å². The molecule has 100 valence electrons. The molecule has 0 aliphatic heterocycles. The van der Waals surface area contributed by atoms with Gasteiger partial charge in [-0.05, 0) is 55.3 Å². The minimum atomic E-state index is -0.418. The largest absolute Gasteiger partial charge is 0.508 e. The van der Waals surface area contributed by atoms with Gasteiger partial charge in [0, 0.05) is 11.7 Å². The lowest BCUT2D eigenvalue weighted by Crippen LogP contribution is -2.07. The molecule has 0 saturated carbocycles. The number of phenolic OH excluding ortho intramolecular Hbond substituents is 1. The van der Waals surface area contributed by atoms with Crippen molar-refractivity contribution in [2.75, 3.05) is 5.32 Å². The number of aromatic hydroxyl groups is 1. The first kappa shape index (κ1) is 13.7. The average molecular weight is 280 g/mol. The van der Waals surface area contributed by atoms with E-state index in [1.807, 2.05) is 19.9 Å². The molecule has 2 aromatic carbocycles. The van der Waals surface area contributed by atoms with Crippen LogP contribution in [0, 0.1) is 12.7 Å². The van der Waals surface area contributed by atoms with Crippen LogP contribution in [0.5, 0.6) is 5.75 Å². The van der Waals surface area contributed by atoms with E-state index in [0.29, 0.717) is 0 Å². The highest BCUT2D eigenvalue weighted by Crippen LogP contribution is 2.26. The lowest BCUT2D eigenvalue weighted by molar-refractivity contribution is 0.475. The van der Waals surface area contributed by atoms with Crippen LogP contribution in [0.1, 0.15) is 24.1 Å². The Hall–Kier alpha value is -1.74. The Labute approximate surface area is 116 Å². The standard InChI is InChI=1S/C15H15ClFNO/c1-9-7-12(19)4-6-15(9)18-10(2)11-3-5-14(17)13(16)8-11/h3-8,10,18-19H,1-2H3. The molecule has 0 aliphatic carbocycles. The van der Waals surface area contributed by atoms with Crippen molar-refractivity contribution in [3.63, 3.8) is 0 Å². The van der Waals surface area contributed by atoms with Gasteiger partial charge in [0.2, 0.25) is 0 Å². The summed E-state index contributed by atoms with van der Waals surface area (Å²) in [4.78, 5) is 0. The second kappa shape index (κ2) is 5.49. The Balaban J connectivity index is 2.20. The predicted octanol–water partition coefficient (Wildman–Crippen LogP) is 4.67. The number of phenols is 1. The maximum Gasteiger partial charge on any atom is 0.141 e. The number of hydrogen-bond donors (Lipinski definition) is 2. The first-order valence-corrected chi connectivity index (χ1v) is 6.36. The van der Waals surface area contributed by atoms with E-state index >= 15 is 0 Å². The van der Waals surface area contributed by atoms with E-state index in [1.165, 1.54) is 6.07 Å². The number of aryl methyl sites for hydroxylation is 1. The zero-order valence-corrected chi connectivity index (χ0v) is 11.5. The molecular weight excluding hydrogens is 265 g/mol. The lowest BCUT2D eigenvalue weighted by atomic mass is 10.1. The van der Waals surface area contributed by atoms with E-state index in [1.54, 1.807) is 24.3 Å². The van der Waals surface area contributed by atoms with Crippen LogP contribution in [0.2, 0.25) is 5.02 Å². The van der Waals surface area contributed by atoms with E-state index in [2.05, 4.69) is 5.32 Å². The normalized spacial score (nSPS) is 12.2. The van der Waals surface area contributed by atoms with Crippen LogP contribution in [0.4, 0.5) is 10.1 Å². The fourth-order valence-electron chi connectivity index (χ4n) is 1.91. The monoisotopic (exact) mass is 279 g/mol. The number of rotatable bonds is 3. The van der Waals surface area contributed by atoms with Crippen LogP contribution in [-0.4, -0.2) is 5.11 Å². The first-order valence-electron chi connectivity index (χ1n) is 5.98. The molecule has 1 atom stereocenters. The summed E-state index contributed by atoms with van der Waals surface area (Å²) in [6, 6.07) is 9.79. The summed E-state index contributed by atoms with van der Waals surface area (Å²) in [5, 5.41) is 12.8. The topological polar surface area (TPSA) is 32.3 Å². The fraction of sp³-hybridized carbons (Fsp3) is 0.200. The van der Waals surface area contributed by atoms with Gasteiger partial charge >= 0.3 is 0 Å². The van der Waals surface area contributed by atoms with Crippen LogP contribution in [0.25, 0.3) is 0 Å². The number of anilines is 1. The minimum Gasteiger partial charge on any atom is -0.508 e. The van der Waals surface area contributed by atoms with Gasteiger partial charge in [-0.15, -0.1) is 0 Å². The molecule has 0 saturated heterocycles. The van der Waals surface area contributed by atoms with Crippen LogP contribution < -0.4 is 5.32 Å². The first-order chi connectivity index (χ1) is 8.97. The van der Waals surface area contributed by atoms with E-state index in [0.717, 1.165) is 16.8 Å². The van der Waals surface area contributed by atoms with Gasteiger partial charge in [0.1, 0.15) is 11.6 Å². The second-order valence-corrected chi connectivity index (χ2v) is 4.95. The molecule has 2 aromatic rings. The molecular formula is C15H15ClFNO. The van der Waals surface area contributed by atoms with Gasteiger partial charge in [0.25, 0.3) is 0 Å². The molecule has 0 radical (unpaired) electrons. The Bertz CT molecular complexity index is 601. The van der Waals surface area contributed by atoms with Gasteiger partial charge in [0.05, 0.1) is 5.02 Å². The molecule has 0 spiro atoms. The van der Waals surface area contributed by atoms with Crippen LogP contribution in [0.3, 0.4) is 0 Å². The van der Waals surface area contributed by atoms with Crippen molar-refractivity contribution in [2.45, 2.75) is 19.9 Å². The summed E-state index contributed by atoms with van der Waals surface area (Å²) in [5.74, 6) is -0.182. The molecule has 0 amide bonds. The van der Waals surface area contributed by atoms with Gasteiger partial charge in [0.15, 0.2) is 0 Å². The molecule has 1 unspecified atom stereocenters. The van der Waals surface area contributed by atoms with Crippen LogP contribution in [0.15, 0.2) is 36.4 Å². The quantitative estimate of drug-likeness (QED) is 0.801. The number of hydrogen-bond acceptors (Lipinski definition) is 2. The third-order valence-corrected chi connectivity index (χ3v) is 3.32. The molecule has 0 fully saturated rings. The zero-order valence-electron chi connectivity index (χ0n) is 10.7. The van der Waals surface area contributed by atoms with Crippen molar-refractivity contribution in [3.8, 4) is 5.75 Å². The van der Waals surface area contributed by atoms with Crippen molar-refractivity contribution in [2.24, 2.45) is 0 Å². The van der Waals surface area contributed by atoms with E-state index in [-0.39, 0.29) is 16.8 Å². The summed E-state index contributed by atoms with van der Waals surface area (Å²) < 4.78 is 13.1. The average Bonchev–Trinajstić information content (AvgIpc) is 2.36. The molecule has 2 N–H and O–H groups in total. The SMILES string of the molecule is Cc1cc(O)ccc1NC(C)c1ccc(F)c(Cl)c1. The van der Waals surface area contributed by atoms with E-state index in [4.69, 9.17) is 11.6 Å². The van der Waals surface area contributed by atoms with Crippen molar-refractivity contribution in [3.05, 3.63) is 58.4 Å². The molecule has 0 bridgehead atoms. The third-order valence-electron chi connectivity index (χ3n) is 3.03. The van der Waals surface area contributed by atoms with E-state index in [9.17, 15) is 9.50 Å². The Morgan fingerprint density at radius 3 is 2.58 bits per heavy atom. The van der Waals surface area contributed by atoms with Crippen LogP contribution >= 0.6 is 11.6 Å². The Morgan fingerprint density at radius 2 is 1.95 bits per heavy atom. The molecule has 19 heavy (non-hydrogen) atoms. The molecule has 0 aliphatic rings. The fourth-order valence-corrected chi connectivity index (χ4v) is 2.10. The molecule has 2 nitrogen and oxygen atoms in total. The van der Waals surface area contributed by atoms with Crippen molar-refractivity contribution >= 4 is 17.3 Å². The Kier molecular flexibility index (Phi) is 3.96. The Morgan fingerprint density at radius 1 is 1.21 bits per heavy atom. The molecule has 2 rings (SSSR count). The summed E-state index contributed by atoms with van der Waals surface area (Å²) >= 11 is 5.78. The summed E-state index contributed by atoms with van der Waals surface area (Å²) in [6.07, 6.45) is 0. The highest BCUT2D eigenvalue weighted by molar-refractivity contribution is 6.30. The van der Waals surface area contributed by atoms with Crippen LogP contribution in [-0.2, 0) is 0 Å². The molecule has 0 aromatic heterocycles. The maximum atomic E-state index is 13.1. The van der Waals surface area contributed by atoms with E-state index < -0.39 is 5.82 Å². The molecule has 0 heterocycles. The smallest absolute Gasteiger partial charge is 0.141 e. The van der Waals surface area contributed by atoms with Gasteiger partial charge in [-0.25, -0.2) is 4.39 Å². The number of nitrogens with one attached hydrogen (secondary N) is 1.